The summed E-state index contributed by atoms with van der Waals surface area (Å²) in [5, 5.41) is 20.6. The zero-order valence-electron chi connectivity index (χ0n) is 26.9. The van der Waals surface area contributed by atoms with Crippen molar-refractivity contribution in [1.29, 1.82) is 0 Å². The smallest absolute Gasteiger partial charge is 0.271 e. The van der Waals surface area contributed by atoms with Crippen molar-refractivity contribution >= 4 is 39.8 Å². The van der Waals surface area contributed by atoms with Crippen LogP contribution in [0.2, 0.25) is 5.02 Å². The van der Waals surface area contributed by atoms with Crippen LogP contribution in [0.4, 0.5) is 10.2 Å². The molecule has 2 aliphatic rings. The number of methoxy groups -OCH3 is 1. The predicted molar refractivity (Wildman–Crippen MR) is 185 cm³/mol. The van der Waals surface area contributed by atoms with Crippen molar-refractivity contribution < 1.29 is 19.0 Å². The number of pyridine rings is 3. The molecule has 0 bridgehead atoms. The average molecular weight is 672 g/mol. The van der Waals surface area contributed by atoms with Gasteiger partial charge in [0, 0.05) is 74.8 Å². The van der Waals surface area contributed by atoms with Crippen LogP contribution >= 0.6 is 11.6 Å². The normalized spacial score (nSPS) is 19.6. The van der Waals surface area contributed by atoms with Crippen LogP contribution in [0.1, 0.15) is 39.7 Å². The molecule has 2 atom stereocenters. The van der Waals surface area contributed by atoms with Gasteiger partial charge in [-0.15, -0.1) is 0 Å². The molecule has 4 N–H and O–H groups in total. The first-order valence-electron chi connectivity index (χ1n) is 15.9. The fourth-order valence-electron chi connectivity index (χ4n) is 6.21. The minimum atomic E-state index is -1.17. The summed E-state index contributed by atoms with van der Waals surface area (Å²) in [4.78, 5) is 30.1. The Morgan fingerprint density at radius 1 is 1.15 bits per heavy atom. The van der Waals surface area contributed by atoms with E-state index in [2.05, 4.69) is 25.9 Å². The van der Waals surface area contributed by atoms with E-state index >= 15 is 0 Å². The van der Waals surface area contributed by atoms with E-state index < -0.39 is 17.7 Å². The zero-order chi connectivity index (χ0) is 33.7. The number of allylic oxidation sites excluding steroid dienone is 2. The highest BCUT2D eigenvalue weighted by Crippen LogP contribution is 2.40. The van der Waals surface area contributed by atoms with Gasteiger partial charge in [0.2, 0.25) is 0 Å². The second kappa shape index (κ2) is 14.9. The highest BCUT2D eigenvalue weighted by atomic mass is 35.5. The van der Waals surface area contributed by atoms with Gasteiger partial charge in [-0.05, 0) is 58.2 Å². The molecule has 12 heteroatoms. The topological polar surface area (TPSA) is 125 Å². The van der Waals surface area contributed by atoms with Gasteiger partial charge in [-0.3, -0.25) is 19.7 Å². The van der Waals surface area contributed by atoms with E-state index in [0.717, 1.165) is 33.2 Å². The maximum atomic E-state index is 14.1. The summed E-state index contributed by atoms with van der Waals surface area (Å²) in [6.07, 6.45) is 10.2. The number of aliphatic hydroxyl groups excluding tert-OH is 1. The standard InChI is InChI=1S/C36H39ClFN7O3/c1-23-29(30-6-3-4-8-31(30)37)7-5-10-36(23,44-35(47)32-15-26(22-48-2)27(18-41-32)17-39-12-13-46)43-34-33-25(9-11-40-34)14-24(16-42-33)19-45-20-28(38)21-45/h3-11,14-16,18,23,28,39,46H,12-13,17,19-22H2,1-2H3,(H,40,43)(H,44,47). The number of alkyl halides is 1. The molecule has 6 rings (SSSR count). The number of aromatic nitrogens is 3. The lowest BCUT2D eigenvalue weighted by Gasteiger charge is -2.41. The number of anilines is 1. The van der Waals surface area contributed by atoms with Crippen LogP contribution in [0.15, 0.2) is 79.3 Å². The minimum absolute atomic E-state index is 0.0145. The Hall–Kier alpha value is -4.26. The number of aliphatic hydroxyl groups is 1. The van der Waals surface area contributed by atoms with Crippen LogP contribution in [0.25, 0.3) is 16.5 Å². The molecule has 0 radical (unpaired) electrons. The van der Waals surface area contributed by atoms with Crippen molar-refractivity contribution in [3.05, 3.63) is 112 Å². The summed E-state index contributed by atoms with van der Waals surface area (Å²) >= 11 is 6.68. The Bertz CT molecular complexity index is 1850. The Morgan fingerprint density at radius 3 is 2.75 bits per heavy atom. The monoisotopic (exact) mass is 671 g/mol. The number of carbonyl (C=O) groups is 1. The number of nitrogens with one attached hydrogen (secondary N) is 3. The molecule has 250 valence electrons. The highest BCUT2D eigenvalue weighted by molar-refractivity contribution is 6.32. The number of fused-ring (bicyclic) bond motifs is 1. The molecule has 3 aromatic heterocycles. The number of ether oxygens (including phenoxy) is 1. The molecule has 2 unspecified atom stereocenters. The first-order valence-corrected chi connectivity index (χ1v) is 16.3. The van der Waals surface area contributed by atoms with Gasteiger partial charge < -0.3 is 25.8 Å². The number of hydrogen-bond donors (Lipinski definition) is 4. The van der Waals surface area contributed by atoms with Crippen LogP contribution in [-0.4, -0.2) is 76.1 Å². The van der Waals surface area contributed by atoms with E-state index in [0.29, 0.717) is 49.1 Å². The van der Waals surface area contributed by atoms with Crippen molar-refractivity contribution in [1.82, 2.24) is 30.5 Å². The number of hydrogen-bond acceptors (Lipinski definition) is 9. The lowest BCUT2D eigenvalue weighted by atomic mass is 9.79. The lowest BCUT2D eigenvalue weighted by molar-refractivity contribution is 0.0591. The SMILES string of the molecule is COCc1cc(C(=O)NC2(Nc3nccc4cc(CN5CC(F)C5)cnc34)C=CC=C(c3ccccc3Cl)C2C)ncc1CNCCO. The van der Waals surface area contributed by atoms with Gasteiger partial charge in [0.05, 0.1) is 13.2 Å². The van der Waals surface area contributed by atoms with Gasteiger partial charge in [0.15, 0.2) is 5.82 Å². The van der Waals surface area contributed by atoms with Gasteiger partial charge in [-0.2, -0.15) is 0 Å². The predicted octanol–water partition coefficient (Wildman–Crippen LogP) is 4.89. The zero-order valence-corrected chi connectivity index (χ0v) is 27.7. The molecule has 4 heterocycles. The van der Waals surface area contributed by atoms with Crippen LogP contribution in [-0.2, 0) is 24.4 Å². The summed E-state index contributed by atoms with van der Waals surface area (Å²) in [5.74, 6) is -0.242. The van der Waals surface area contributed by atoms with E-state index in [1.165, 1.54) is 0 Å². The fourth-order valence-corrected chi connectivity index (χ4v) is 6.46. The van der Waals surface area contributed by atoms with Gasteiger partial charge >= 0.3 is 0 Å². The number of rotatable bonds is 13. The molecule has 10 nitrogen and oxygen atoms in total. The van der Waals surface area contributed by atoms with E-state index in [4.69, 9.17) is 26.4 Å². The molecule has 1 saturated heterocycles. The quantitative estimate of drug-likeness (QED) is 0.116. The van der Waals surface area contributed by atoms with E-state index in [1.807, 2.05) is 66.4 Å². The maximum absolute atomic E-state index is 14.1. The third kappa shape index (κ3) is 7.25. The number of amides is 1. The molecular formula is C36H39ClFN7O3. The van der Waals surface area contributed by atoms with Crippen LogP contribution in [0.3, 0.4) is 0 Å². The number of nitrogens with zero attached hydrogens (tertiary/aromatic N) is 4. The molecule has 0 saturated carbocycles. The summed E-state index contributed by atoms with van der Waals surface area (Å²) in [7, 11) is 1.60. The van der Waals surface area contributed by atoms with Gasteiger partial charge in [0.1, 0.15) is 23.0 Å². The maximum Gasteiger partial charge on any atom is 0.271 e. The molecule has 1 aliphatic heterocycles. The van der Waals surface area contributed by atoms with Crippen molar-refractivity contribution in [3.63, 3.8) is 0 Å². The summed E-state index contributed by atoms with van der Waals surface area (Å²) in [6, 6.07) is 13.3. The highest BCUT2D eigenvalue weighted by Gasteiger charge is 2.41. The molecule has 1 aromatic carbocycles. The molecule has 1 fully saturated rings. The number of benzene rings is 1. The fraction of sp³-hybridized carbons (Fsp3) is 0.333. The van der Waals surface area contributed by atoms with E-state index in [9.17, 15) is 9.18 Å². The largest absolute Gasteiger partial charge is 0.395 e. The third-order valence-electron chi connectivity index (χ3n) is 8.81. The second-order valence-electron chi connectivity index (χ2n) is 12.2. The van der Waals surface area contributed by atoms with Crippen LogP contribution in [0.5, 0.6) is 0 Å². The Balaban J connectivity index is 1.35. The molecule has 4 aromatic rings. The van der Waals surface area contributed by atoms with Gasteiger partial charge in [-0.1, -0.05) is 48.9 Å². The average Bonchev–Trinajstić information content (AvgIpc) is 3.06. The van der Waals surface area contributed by atoms with Crippen molar-refractivity contribution in [3.8, 4) is 0 Å². The van der Waals surface area contributed by atoms with Gasteiger partial charge in [-0.25, -0.2) is 9.37 Å². The number of likely N-dealkylation sites (tertiary alicyclic amines) is 1. The van der Waals surface area contributed by atoms with Gasteiger partial charge in [0.25, 0.3) is 5.91 Å². The second-order valence-corrected chi connectivity index (χ2v) is 12.6. The van der Waals surface area contributed by atoms with E-state index in [1.54, 1.807) is 31.8 Å². The third-order valence-corrected chi connectivity index (χ3v) is 9.14. The van der Waals surface area contributed by atoms with Crippen molar-refractivity contribution in [2.75, 3.05) is 38.7 Å². The summed E-state index contributed by atoms with van der Waals surface area (Å²) in [6.45, 7) is 4.71. The van der Waals surface area contributed by atoms with Crippen LogP contribution < -0.4 is 16.0 Å². The number of carbonyl (C=O) groups excluding carboxylic acids is 1. The van der Waals surface area contributed by atoms with Crippen LogP contribution in [0, 0.1) is 5.92 Å². The summed E-state index contributed by atoms with van der Waals surface area (Å²) < 4.78 is 18.8. The van der Waals surface area contributed by atoms with E-state index in [-0.39, 0.29) is 24.8 Å². The number of halogens is 2. The minimum Gasteiger partial charge on any atom is -0.395 e. The Morgan fingerprint density at radius 2 is 1.98 bits per heavy atom. The lowest BCUT2D eigenvalue weighted by Crippen LogP contribution is -2.58. The Kier molecular flexibility index (Phi) is 10.4. The first-order chi connectivity index (χ1) is 23.3. The Labute approximate surface area is 284 Å². The molecule has 0 spiro atoms. The molecule has 48 heavy (non-hydrogen) atoms. The molecule has 1 aliphatic carbocycles. The molecular weight excluding hydrogens is 633 g/mol. The molecule has 1 amide bonds. The first kappa shape index (κ1) is 33.6. The van der Waals surface area contributed by atoms with Crippen molar-refractivity contribution in [2.24, 2.45) is 5.92 Å². The summed E-state index contributed by atoms with van der Waals surface area (Å²) in [5.41, 5.74) is 4.13. The van der Waals surface area contributed by atoms with Crippen molar-refractivity contribution in [2.45, 2.75) is 38.5 Å².